The van der Waals surface area contributed by atoms with Crippen LogP contribution in [-0.4, -0.2) is 60.0 Å². The molecule has 1 aliphatic heterocycles. The van der Waals surface area contributed by atoms with Gasteiger partial charge in [-0.3, -0.25) is 4.79 Å². The van der Waals surface area contributed by atoms with Crippen LogP contribution in [0.3, 0.4) is 0 Å². The Morgan fingerprint density at radius 1 is 1.12 bits per heavy atom. The Labute approximate surface area is 159 Å². The van der Waals surface area contributed by atoms with Crippen molar-refractivity contribution in [2.24, 2.45) is 0 Å². The average Bonchev–Trinajstić information content (AvgIpc) is 2.69. The maximum atomic E-state index is 12.7. The molecule has 7 heteroatoms. The summed E-state index contributed by atoms with van der Waals surface area (Å²) >= 11 is 6.07. The Balaban J connectivity index is 1.61. The number of aromatic nitrogens is 2. The number of carbonyl (C=O) groups is 1. The molecule has 1 amide bonds. The van der Waals surface area contributed by atoms with Gasteiger partial charge in [0.25, 0.3) is 5.91 Å². The Hall–Kier alpha value is -2.34. The molecule has 0 aliphatic carbocycles. The number of anilines is 2. The predicted molar refractivity (Wildman–Crippen MR) is 105 cm³/mol. The van der Waals surface area contributed by atoms with Crippen LogP contribution in [-0.2, 0) is 0 Å². The van der Waals surface area contributed by atoms with Gasteiger partial charge in [0.1, 0.15) is 0 Å². The van der Waals surface area contributed by atoms with Crippen molar-refractivity contribution in [1.82, 2.24) is 14.9 Å². The van der Waals surface area contributed by atoms with Crippen molar-refractivity contribution in [1.29, 1.82) is 0 Å². The summed E-state index contributed by atoms with van der Waals surface area (Å²) in [7, 11) is 0. The molecule has 1 fully saturated rings. The average molecular weight is 374 g/mol. The fraction of sp³-hybridized carbons (Fsp3) is 0.421. The summed E-state index contributed by atoms with van der Waals surface area (Å²) in [5.74, 6) is 0.652. The third-order valence-corrected chi connectivity index (χ3v) is 4.91. The molecule has 3 rings (SSSR count). The Morgan fingerprint density at radius 3 is 2.35 bits per heavy atom. The van der Waals surface area contributed by atoms with Gasteiger partial charge in [-0.1, -0.05) is 17.7 Å². The lowest BCUT2D eigenvalue weighted by Crippen LogP contribution is -2.48. The van der Waals surface area contributed by atoms with Crippen molar-refractivity contribution in [3.8, 4) is 0 Å². The molecular weight excluding hydrogens is 350 g/mol. The van der Waals surface area contributed by atoms with E-state index in [4.69, 9.17) is 11.6 Å². The van der Waals surface area contributed by atoms with E-state index in [0.29, 0.717) is 24.6 Å². The van der Waals surface area contributed by atoms with Crippen LogP contribution in [0.4, 0.5) is 11.6 Å². The highest BCUT2D eigenvalue weighted by molar-refractivity contribution is 6.30. The first-order valence-electron chi connectivity index (χ1n) is 8.99. The van der Waals surface area contributed by atoms with Crippen molar-refractivity contribution >= 4 is 29.1 Å². The van der Waals surface area contributed by atoms with Gasteiger partial charge in [-0.05, 0) is 32.0 Å². The molecule has 0 unspecified atom stereocenters. The van der Waals surface area contributed by atoms with E-state index >= 15 is 0 Å². The molecule has 0 spiro atoms. The largest absolute Gasteiger partial charge is 0.368 e. The quantitative estimate of drug-likeness (QED) is 0.806. The monoisotopic (exact) mass is 373 g/mol. The van der Waals surface area contributed by atoms with Gasteiger partial charge >= 0.3 is 0 Å². The van der Waals surface area contributed by atoms with E-state index < -0.39 is 0 Å². The van der Waals surface area contributed by atoms with Crippen molar-refractivity contribution in [2.45, 2.75) is 13.8 Å². The van der Waals surface area contributed by atoms with Crippen LogP contribution < -0.4 is 9.80 Å². The lowest BCUT2D eigenvalue weighted by molar-refractivity contribution is 0.0746. The molecule has 2 heterocycles. The van der Waals surface area contributed by atoms with E-state index in [1.54, 1.807) is 12.4 Å². The number of halogens is 1. The smallest absolute Gasteiger partial charge is 0.257 e. The standard InChI is InChI=1S/C19H24ClN5O/c1-3-23(4-2)19-21-13-15(14-22-19)18(26)25-10-8-24(9-11-25)17-7-5-6-16(20)12-17/h5-7,12-14H,3-4,8-11H2,1-2H3. The van der Waals surface area contributed by atoms with Crippen LogP contribution in [0.15, 0.2) is 36.7 Å². The molecule has 0 atom stereocenters. The first-order valence-corrected chi connectivity index (χ1v) is 9.37. The third kappa shape index (κ3) is 4.07. The second-order valence-electron chi connectivity index (χ2n) is 6.20. The highest BCUT2D eigenvalue weighted by Gasteiger charge is 2.23. The third-order valence-electron chi connectivity index (χ3n) is 4.67. The summed E-state index contributed by atoms with van der Waals surface area (Å²) in [4.78, 5) is 27.6. The number of amides is 1. The van der Waals surface area contributed by atoms with Crippen LogP contribution in [0.25, 0.3) is 0 Å². The number of nitrogens with zero attached hydrogens (tertiary/aromatic N) is 5. The molecule has 138 valence electrons. The normalized spacial score (nSPS) is 14.4. The second-order valence-corrected chi connectivity index (χ2v) is 6.64. The Morgan fingerprint density at radius 2 is 1.77 bits per heavy atom. The summed E-state index contributed by atoms with van der Waals surface area (Å²) in [5, 5.41) is 0.728. The number of rotatable bonds is 5. The topological polar surface area (TPSA) is 52.6 Å². The molecule has 2 aromatic rings. The van der Waals surface area contributed by atoms with Crippen LogP contribution in [0.1, 0.15) is 24.2 Å². The van der Waals surface area contributed by atoms with Gasteiger partial charge in [0, 0.05) is 62.4 Å². The molecule has 26 heavy (non-hydrogen) atoms. The summed E-state index contributed by atoms with van der Waals surface area (Å²) < 4.78 is 0. The number of benzene rings is 1. The number of carbonyl (C=O) groups excluding carboxylic acids is 1. The SMILES string of the molecule is CCN(CC)c1ncc(C(=O)N2CCN(c3cccc(Cl)c3)CC2)cn1. The Bertz CT molecular complexity index is 740. The van der Waals surface area contributed by atoms with Gasteiger partial charge in [-0.15, -0.1) is 0 Å². The molecule has 0 N–H and O–H groups in total. The minimum absolute atomic E-state index is 0.0122. The van der Waals surface area contributed by atoms with Gasteiger partial charge in [0.05, 0.1) is 5.56 Å². The number of hydrogen-bond donors (Lipinski definition) is 0. The van der Waals surface area contributed by atoms with E-state index in [1.165, 1.54) is 0 Å². The summed E-state index contributed by atoms with van der Waals surface area (Å²) in [6.45, 7) is 8.71. The van der Waals surface area contributed by atoms with Crippen molar-refractivity contribution < 1.29 is 4.79 Å². The van der Waals surface area contributed by atoms with E-state index in [9.17, 15) is 4.79 Å². The highest BCUT2D eigenvalue weighted by Crippen LogP contribution is 2.21. The minimum Gasteiger partial charge on any atom is -0.368 e. The molecule has 1 saturated heterocycles. The van der Waals surface area contributed by atoms with E-state index in [2.05, 4.69) is 33.6 Å². The number of piperazine rings is 1. The maximum absolute atomic E-state index is 12.7. The zero-order valence-corrected chi connectivity index (χ0v) is 16.0. The predicted octanol–water partition coefficient (Wildman–Crippen LogP) is 2.94. The van der Waals surface area contributed by atoms with Crippen LogP contribution in [0, 0.1) is 0 Å². The second kappa shape index (κ2) is 8.36. The molecule has 1 aromatic heterocycles. The maximum Gasteiger partial charge on any atom is 0.257 e. The fourth-order valence-electron chi connectivity index (χ4n) is 3.12. The van der Waals surface area contributed by atoms with Crippen LogP contribution >= 0.6 is 11.6 Å². The minimum atomic E-state index is -0.0122. The fourth-order valence-corrected chi connectivity index (χ4v) is 3.31. The zero-order chi connectivity index (χ0) is 18.5. The van der Waals surface area contributed by atoms with Crippen molar-refractivity contribution in [2.75, 3.05) is 49.1 Å². The molecule has 1 aliphatic rings. The van der Waals surface area contributed by atoms with Gasteiger partial charge in [0.15, 0.2) is 0 Å². The molecule has 0 radical (unpaired) electrons. The molecule has 6 nitrogen and oxygen atoms in total. The van der Waals surface area contributed by atoms with Gasteiger partial charge < -0.3 is 14.7 Å². The first-order chi connectivity index (χ1) is 12.6. The first kappa shape index (κ1) is 18.5. The van der Waals surface area contributed by atoms with E-state index in [1.807, 2.05) is 29.2 Å². The highest BCUT2D eigenvalue weighted by atomic mass is 35.5. The lowest BCUT2D eigenvalue weighted by atomic mass is 10.2. The van der Waals surface area contributed by atoms with E-state index in [-0.39, 0.29) is 5.91 Å². The van der Waals surface area contributed by atoms with Gasteiger partial charge in [0.2, 0.25) is 5.95 Å². The summed E-state index contributed by atoms with van der Waals surface area (Å²) in [5.41, 5.74) is 1.63. The molecule has 1 aromatic carbocycles. The molecule has 0 bridgehead atoms. The molecular formula is C19H24ClN5O. The van der Waals surface area contributed by atoms with Crippen molar-refractivity contribution in [3.63, 3.8) is 0 Å². The van der Waals surface area contributed by atoms with Gasteiger partial charge in [-0.25, -0.2) is 9.97 Å². The summed E-state index contributed by atoms with van der Waals surface area (Å²) in [6.07, 6.45) is 3.26. The van der Waals surface area contributed by atoms with Crippen LogP contribution in [0.5, 0.6) is 0 Å². The van der Waals surface area contributed by atoms with Crippen molar-refractivity contribution in [3.05, 3.63) is 47.2 Å². The van der Waals surface area contributed by atoms with Gasteiger partial charge in [-0.2, -0.15) is 0 Å². The molecule has 0 saturated carbocycles. The van der Waals surface area contributed by atoms with Crippen LogP contribution in [0.2, 0.25) is 5.02 Å². The van der Waals surface area contributed by atoms with E-state index in [0.717, 1.165) is 36.9 Å². The lowest BCUT2D eigenvalue weighted by Gasteiger charge is -2.36. The Kier molecular flexibility index (Phi) is 5.93. The zero-order valence-electron chi connectivity index (χ0n) is 15.2. The number of hydrogen-bond acceptors (Lipinski definition) is 5. The summed E-state index contributed by atoms with van der Waals surface area (Å²) in [6, 6.07) is 7.82.